The summed E-state index contributed by atoms with van der Waals surface area (Å²) in [4.78, 5) is 39.6. The fourth-order valence-electron chi connectivity index (χ4n) is 2.91. The highest BCUT2D eigenvalue weighted by Gasteiger charge is 2.24. The van der Waals surface area contributed by atoms with Crippen LogP contribution in [0.2, 0.25) is 5.02 Å². The molecule has 1 saturated heterocycles. The molecule has 0 aliphatic carbocycles. The molecular formula is C18H19ClN4O3. The fourth-order valence-corrected chi connectivity index (χ4v) is 3.11. The van der Waals surface area contributed by atoms with Crippen molar-refractivity contribution >= 4 is 23.4 Å². The van der Waals surface area contributed by atoms with Crippen LogP contribution in [0.1, 0.15) is 22.5 Å². The van der Waals surface area contributed by atoms with Crippen molar-refractivity contribution in [1.82, 2.24) is 20.0 Å². The molecule has 8 heteroatoms. The van der Waals surface area contributed by atoms with E-state index in [9.17, 15) is 14.4 Å². The number of nitrogens with zero attached hydrogens (tertiary/aromatic N) is 3. The Morgan fingerprint density at radius 1 is 1.04 bits per heavy atom. The predicted octanol–water partition coefficient (Wildman–Crippen LogP) is 1.34. The zero-order chi connectivity index (χ0) is 18.5. The van der Waals surface area contributed by atoms with E-state index >= 15 is 0 Å². The third-order valence-electron chi connectivity index (χ3n) is 4.33. The molecule has 0 spiro atoms. The van der Waals surface area contributed by atoms with Gasteiger partial charge in [-0.2, -0.15) is 5.10 Å². The Hall–Kier alpha value is -2.67. The van der Waals surface area contributed by atoms with Crippen LogP contribution in [-0.2, 0) is 11.2 Å². The molecule has 1 aliphatic rings. The van der Waals surface area contributed by atoms with Crippen molar-refractivity contribution < 1.29 is 9.59 Å². The second-order valence-electron chi connectivity index (χ2n) is 6.10. The van der Waals surface area contributed by atoms with Gasteiger partial charge in [0.15, 0.2) is 0 Å². The van der Waals surface area contributed by atoms with E-state index in [1.54, 1.807) is 15.9 Å². The number of benzene rings is 1. The molecule has 0 saturated carbocycles. The standard InChI is InChI=1S/C18H19ClN4O3/c19-14-5-2-1-4-13(14)12-17(25)22-8-3-9-23(11-10-22)18(26)15-6-7-16(24)21-20-15/h1-2,4-7H,3,8-12H2,(H,21,24). The van der Waals surface area contributed by atoms with Gasteiger partial charge in [-0.15, -0.1) is 0 Å². The molecule has 1 aliphatic heterocycles. The monoisotopic (exact) mass is 374 g/mol. The highest BCUT2D eigenvalue weighted by Crippen LogP contribution is 2.17. The second kappa shape index (κ2) is 8.14. The van der Waals surface area contributed by atoms with Crippen LogP contribution < -0.4 is 5.56 Å². The lowest BCUT2D eigenvalue weighted by Crippen LogP contribution is -2.38. The van der Waals surface area contributed by atoms with Gasteiger partial charge in [0, 0.05) is 37.3 Å². The molecule has 1 aromatic carbocycles. The zero-order valence-corrected chi connectivity index (χ0v) is 14.9. The van der Waals surface area contributed by atoms with Gasteiger partial charge in [0.1, 0.15) is 5.69 Å². The van der Waals surface area contributed by atoms with Gasteiger partial charge in [0.2, 0.25) is 5.91 Å². The summed E-state index contributed by atoms with van der Waals surface area (Å²) in [5, 5.41) is 6.62. The van der Waals surface area contributed by atoms with Gasteiger partial charge >= 0.3 is 0 Å². The van der Waals surface area contributed by atoms with Gasteiger partial charge in [-0.25, -0.2) is 5.10 Å². The maximum absolute atomic E-state index is 12.6. The van der Waals surface area contributed by atoms with Crippen molar-refractivity contribution in [3.8, 4) is 0 Å². The molecule has 2 heterocycles. The van der Waals surface area contributed by atoms with Crippen LogP contribution in [0.3, 0.4) is 0 Å². The lowest BCUT2D eigenvalue weighted by molar-refractivity contribution is -0.130. The Bertz CT molecular complexity index is 847. The Morgan fingerprint density at radius 3 is 2.50 bits per heavy atom. The zero-order valence-electron chi connectivity index (χ0n) is 14.2. The third kappa shape index (κ3) is 4.29. The molecule has 0 unspecified atom stereocenters. The summed E-state index contributed by atoms with van der Waals surface area (Å²) in [6, 6.07) is 9.98. The predicted molar refractivity (Wildman–Crippen MR) is 97.1 cm³/mol. The molecule has 0 radical (unpaired) electrons. The highest BCUT2D eigenvalue weighted by molar-refractivity contribution is 6.31. The topological polar surface area (TPSA) is 86.4 Å². The van der Waals surface area contributed by atoms with E-state index in [1.807, 2.05) is 18.2 Å². The summed E-state index contributed by atoms with van der Waals surface area (Å²) >= 11 is 6.13. The van der Waals surface area contributed by atoms with Crippen LogP contribution >= 0.6 is 11.6 Å². The SMILES string of the molecule is O=C(Cc1ccccc1Cl)N1CCCN(C(=O)c2ccc(=O)[nH]n2)CC1. The Kier molecular flexibility index (Phi) is 5.68. The molecule has 0 atom stereocenters. The van der Waals surface area contributed by atoms with Gasteiger partial charge in [-0.1, -0.05) is 29.8 Å². The molecule has 0 bridgehead atoms. The Balaban J connectivity index is 1.61. The number of aromatic amines is 1. The number of H-pyrrole nitrogens is 1. The number of hydrogen-bond acceptors (Lipinski definition) is 4. The smallest absolute Gasteiger partial charge is 0.274 e. The van der Waals surface area contributed by atoms with Gasteiger partial charge in [-0.05, 0) is 24.1 Å². The lowest BCUT2D eigenvalue weighted by atomic mass is 10.1. The summed E-state index contributed by atoms with van der Waals surface area (Å²) in [5.41, 5.74) is 0.642. The molecule has 1 fully saturated rings. The number of rotatable bonds is 3. The van der Waals surface area contributed by atoms with Crippen LogP contribution in [0.15, 0.2) is 41.2 Å². The van der Waals surface area contributed by atoms with Crippen molar-refractivity contribution in [3.63, 3.8) is 0 Å². The molecule has 1 N–H and O–H groups in total. The van der Waals surface area contributed by atoms with E-state index in [1.165, 1.54) is 12.1 Å². The number of halogens is 1. The molecule has 7 nitrogen and oxygen atoms in total. The first-order valence-corrected chi connectivity index (χ1v) is 8.78. The first-order chi connectivity index (χ1) is 12.5. The minimum absolute atomic E-state index is 0.00503. The van der Waals surface area contributed by atoms with Crippen LogP contribution in [-0.4, -0.2) is 58.0 Å². The molecule has 3 rings (SSSR count). The molecule has 136 valence electrons. The maximum atomic E-state index is 12.6. The van der Waals surface area contributed by atoms with Crippen LogP contribution in [0, 0.1) is 0 Å². The average molecular weight is 375 g/mol. The van der Waals surface area contributed by atoms with Gasteiger partial charge in [0.05, 0.1) is 6.42 Å². The minimum atomic E-state index is -0.353. The van der Waals surface area contributed by atoms with E-state index in [4.69, 9.17) is 11.6 Å². The van der Waals surface area contributed by atoms with E-state index in [0.29, 0.717) is 37.6 Å². The average Bonchev–Trinajstić information content (AvgIpc) is 2.90. The van der Waals surface area contributed by atoms with Crippen molar-refractivity contribution in [2.45, 2.75) is 12.8 Å². The van der Waals surface area contributed by atoms with Gasteiger partial charge < -0.3 is 9.80 Å². The van der Waals surface area contributed by atoms with Crippen LogP contribution in [0.5, 0.6) is 0 Å². The van der Waals surface area contributed by atoms with Crippen molar-refractivity contribution in [3.05, 3.63) is 63.0 Å². The number of hydrogen-bond donors (Lipinski definition) is 1. The van der Waals surface area contributed by atoms with E-state index < -0.39 is 0 Å². The Morgan fingerprint density at radius 2 is 1.77 bits per heavy atom. The first kappa shape index (κ1) is 18.1. The normalized spacial score (nSPS) is 14.8. The number of aromatic nitrogens is 2. The summed E-state index contributed by atoms with van der Waals surface area (Å²) < 4.78 is 0. The molecule has 1 aromatic heterocycles. The Labute approximate surface area is 155 Å². The molecule has 2 aromatic rings. The number of nitrogens with one attached hydrogen (secondary N) is 1. The summed E-state index contributed by atoms with van der Waals surface area (Å²) in [7, 11) is 0. The van der Waals surface area contributed by atoms with E-state index in [-0.39, 0.29) is 29.5 Å². The number of carbonyl (C=O) groups excluding carboxylic acids is 2. The quantitative estimate of drug-likeness (QED) is 0.878. The molecule has 26 heavy (non-hydrogen) atoms. The van der Waals surface area contributed by atoms with E-state index in [0.717, 1.165) is 5.56 Å². The lowest BCUT2D eigenvalue weighted by Gasteiger charge is -2.22. The van der Waals surface area contributed by atoms with Crippen LogP contribution in [0.25, 0.3) is 0 Å². The summed E-state index contributed by atoms with van der Waals surface area (Å²) in [6.45, 7) is 2.01. The van der Waals surface area contributed by atoms with Crippen LogP contribution in [0.4, 0.5) is 0 Å². The van der Waals surface area contributed by atoms with Crippen molar-refractivity contribution in [2.75, 3.05) is 26.2 Å². The largest absolute Gasteiger partial charge is 0.341 e. The third-order valence-corrected chi connectivity index (χ3v) is 4.70. The first-order valence-electron chi connectivity index (χ1n) is 8.41. The number of amides is 2. The van der Waals surface area contributed by atoms with Gasteiger partial charge in [-0.3, -0.25) is 14.4 Å². The van der Waals surface area contributed by atoms with E-state index in [2.05, 4.69) is 10.2 Å². The molecule has 2 amide bonds. The summed E-state index contributed by atoms with van der Waals surface area (Å²) in [5.74, 6) is -0.254. The summed E-state index contributed by atoms with van der Waals surface area (Å²) in [6.07, 6.45) is 0.929. The van der Waals surface area contributed by atoms with Crippen molar-refractivity contribution in [1.29, 1.82) is 0 Å². The van der Waals surface area contributed by atoms with Gasteiger partial charge in [0.25, 0.3) is 11.5 Å². The minimum Gasteiger partial charge on any atom is -0.341 e. The fraction of sp³-hybridized carbons (Fsp3) is 0.333. The molecular weight excluding hydrogens is 356 g/mol. The number of carbonyl (C=O) groups is 2. The maximum Gasteiger partial charge on any atom is 0.274 e. The second-order valence-corrected chi connectivity index (χ2v) is 6.51. The highest BCUT2D eigenvalue weighted by atomic mass is 35.5. The van der Waals surface area contributed by atoms with Crippen molar-refractivity contribution in [2.24, 2.45) is 0 Å².